The number of carbonyl (C=O) groups excluding carboxylic acids is 1. The standard InChI is InChI=1S/C20H21N3O3/c1-22(13-14-26-16-7-3-2-4-8-16)20(25)11-12-23-18-10-6-5-9-17(18)19(24)15-21-23/h2-10,15H,11-14H2,1H3. The molecule has 0 bridgehead atoms. The van der Waals surface area contributed by atoms with Crippen molar-refractivity contribution in [3.8, 4) is 5.75 Å². The van der Waals surface area contributed by atoms with Crippen LogP contribution in [0.5, 0.6) is 5.75 Å². The molecule has 0 fully saturated rings. The Bertz CT molecular complexity index is 938. The monoisotopic (exact) mass is 351 g/mol. The first kappa shape index (κ1) is 17.7. The van der Waals surface area contributed by atoms with Crippen LogP contribution in [-0.4, -0.2) is 40.8 Å². The second-order valence-electron chi connectivity index (χ2n) is 5.98. The predicted octanol–water partition coefficient (Wildman–Crippen LogP) is 2.32. The Kier molecular flexibility index (Phi) is 5.63. The van der Waals surface area contributed by atoms with Crippen LogP contribution in [0.2, 0.25) is 0 Å². The van der Waals surface area contributed by atoms with E-state index in [4.69, 9.17) is 4.74 Å². The van der Waals surface area contributed by atoms with Crippen LogP contribution in [0, 0.1) is 0 Å². The zero-order valence-electron chi connectivity index (χ0n) is 14.7. The Morgan fingerprint density at radius 1 is 1.12 bits per heavy atom. The Morgan fingerprint density at radius 3 is 2.65 bits per heavy atom. The van der Waals surface area contributed by atoms with Crippen molar-refractivity contribution in [2.45, 2.75) is 13.0 Å². The van der Waals surface area contributed by atoms with Gasteiger partial charge in [0, 0.05) is 18.9 Å². The molecule has 134 valence electrons. The third kappa shape index (κ3) is 4.27. The van der Waals surface area contributed by atoms with E-state index in [0.717, 1.165) is 11.3 Å². The van der Waals surface area contributed by atoms with Gasteiger partial charge in [0.05, 0.1) is 24.8 Å². The molecule has 6 heteroatoms. The first-order chi connectivity index (χ1) is 12.6. The number of hydrogen-bond donors (Lipinski definition) is 0. The number of ether oxygens (including phenoxy) is 1. The predicted molar refractivity (Wildman–Crippen MR) is 100 cm³/mol. The molecule has 2 aromatic carbocycles. The minimum Gasteiger partial charge on any atom is -0.492 e. The molecule has 3 rings (SSSR count). The molecule has 0 radical (unpaired) electrons. The Hall–Kier alpha value is -3.15. The van der Waals surface area contributed by atoms with Gasteiger partial charge >= 0.3 is 0 Å². The van der Waals surface area contributed by atoms with Crippen molar-refractivity contribution in [1.82, 2.24) is 14.7 Å². The van der Waals surface area contributed by atoms with Crippen molar-refractivity contribution in [3.05, 3.63) is 71.0 Å². The van der Waals surface area contributed by atoms with E-state index >= 15 is 0 Å². The number of benzene rings is 2. The van der Waals surface area contributed by atoms with Gasteiger partial charge in [-0.2, -0.15) is 5.10 Å². The number of aromatic nitrogens is 2. The fraction of sp³-hybridized carbons (Fsp3) is 0.250. The number of nitrogens with zero attached hydrogens (tertiary/aromatic N) is 3. The molecule has 0 atom stereocenters. The molecule has 1 amide bonds. The van der Waals surface area contributed by atoms with Crippen molar-refractivity contribution < 1.29 is 9.53 Å². The van der Waals surface area contributed by atoms with Gasteiger partial charge in [0.1, 0.15) is 12.4 Å². The molecule has 0 aliphatic carbocycles. The van der Waals surface area contributed by atoms with Crippen LogP contribution in [-0.2, 0) is 11.3 Å². The maximum atomic E-state index is 12.3. The fourth-order valence-electron chi connectivity index (χ4n) is 2.67. The highest BCUT2D eigenvalue weighted by Gasteiger charge is 2.10. The van der Waals surface area contributed by atoms with Crippen LogP contribution in [0.4, 0.5) is 0 Å². The van der Waals surface area contributed by atoms with E-state index in [9.17, 15) is 9.59 Å². The molecular formula is C20H21N3O3. The van der Waals surface area contributed by atoms with Crippen molar-refractivity contribution in [2.75, 3.05) is 20.2 Å². The summed E-state index contributed by atoms with van der Waals surface area (Å²) in [6.45, 7) is 1.36. The number of rotatable bonds is 7. The highest BCUT2D eigenvalue weighted by atomic mass is 16.5. The summed E-state index contributed by atoms with van der Waals surface area (Å²) in [6.07, 6.45) is 1.60. The van der Waals surface area contributed by atoms with Gasteiger partial charge in [0.25, 0.3) is 0 Å². The van der Waals surface area contributed by atoms with Gasteiger partial charge in [-0.1, -0.05) is 30.3 Å². The summed E-state index contributed by atoms with van der Waals surface area (Å²) in [6, 6.07) is 16.8. The average Bonchev–Trinajstić information content (AvgIpc) is 2.68. The van der Waals surface area contributed by atoms with E-state index in [1.54, 1.807) is 22.7 Å². The van der Waals surface area contributed by atoms with Crippen molar-refractivity contribution >= 4 is 16.8 Å². The Labute approximate surface area is 151 Å². The summed E-state index contributed by atoms with van der Waals surface area (Å²) in [7, 11) is 1.76. The normalized spacial score (nSPS) is 10.7. The first-order valence-electron chi connectivity index (χ1n) is 8.52. The minimum atomic E-state index is -0.113. The van der Waals surface area contributed by atoms with E-state index in [1.807, 2.05) is 48.5 Å². The van der Waals surface area contributed by atoms with Gasteiger partial charge in [0.2, 0.25) is 11.3 Å². The third-order valence-electron chi connectivity index (χ3n) is 4.16. The molecule has 1 heterocycles. The lowest BCUT2D eigenvalue weighted by molar-refractivity contribution is -0.130. The largest absolute Gasteiger partial charge is 0.492 e. The summed E-state index contributed by atoms with van der Waals surface area (Å²) in [5.41, 5.74) is 0.626. The van der Waals surface area contributed by atoms with Crippen LogP contribution >= 0.6 is 0 Å². The quantitative estimate of drug-likeness (QED) is 0.655. The third-order valence-corrected chi connectivity index (χ3v) is 4.16. The molecule has 0 saturated heterocycles. The topological polar surface area (TPSA) is 64.4 Å². The van der Waals surface area contributed by atoms with Crippen molar-refractivity contribution in [1.29, 1.82) is 0 Å². The lowest BCUT2D eigenvalue weighted by Gasteiger charge is -2.18. The summed E-state index contributed by atoms with van der Waals surface area (Å²) in [4.78, 5) is 25.8. The molecular weight excluding hydrogens is 330 g/mol. The van der Waals surface area contributed by atoms with Crippen LogP contribution in [0.1, 0.15) is 6.42 Å². The number of hydrogen-bond acceptors (Lipinski definition) is 4. The van der Waals surface area contributed by atoms with E-state index < -0.39 is 0 Å². The van der Waals surface area contributed by atoms with Crippen LogP contribution in [0.15, 0.2) is 65.6 Å². The number of carbonyl (C=O) groups is 1. The molecule has 0 aliphatic rings. The minimum absolute atomic E-state index is 0.00578. The number of fused-ring (bicyclic) bond motifs is 1. The molecule has 0 saturated carbocycles. The van der Waals surface area contributed by atoms with Crippen LogP contribution in [0.25, 0.3) is 10.9 Å². The number of likely N-dealkylation sites (N-methyl/N-ethyl adjacent to an activating group) is 1. The molecule has 3 aromatic rings. The Morgan fingerprint density at radius 2 is 1.85 bits per heavy atom. The molecule has 0 N–H and O–H groups in total. The lowest BCUT2D eigenvalue weighted by Crippen LogP contribution is -2.31. The highest BCUT2D eigenvalue weighted by Crippen LogP contribution is 2.10. The molecule has 0 unspecified atom stereocenters. The Balaban J connectivity index is 1.54. The number of amides is 1. The molecule has 0 aliphatic heterocycles. The smallest absolute Gasteiger partial charge is 0.224 e. The highest BCUT2D eigenvalue weighted by molar-refractivity contribution is 5.79. The molecule has 0 spiro atoms. The zero-order valence-corrected chi connectivity index (χ0v) is 14.7. The average molecular weight is 351 g/mol. The van der Waals surface area contributed by atoms with Crippen molar-refractivity contribution in [3.63, 3.8) is 0 Å². The SMILES string of the molecule is CN(CCOc1ccccc1)C(=O)CCn1ncc(=O)c2ccccc21. The van der Waals surface area contributed by atoms with Gasteiger partial charge < -0.3 is 9.64 Å². The fourth-order valence-corrected chi connectivity index (χ4v) is 2.67. The molecule has 6 nitrogen and oxygen atoms in total. The zero-order chi connectivity index (χ0) is 18.4. The first-order valence-corrected chi connectivity index (χ1v) is 8.52. The van der Waals surface area contributed by atoms with E-state index in [1.165, 1.54) is 6.20 Å². The van der Waals surface area contributed by atoms with Gasteiger partial charge in [-0.15, -0.1) is 0 Å². The second-order valence-corrected chi connectivity index (χ2v) is 5.98. The lowest BCUT2D eigenvalue weighted by atomic mass is 10.2. The van der Waals surface area contributed by atoms with Gasteiger partial charge in [-0.3, -0.25) is 14.3 Å². The van der Waals surface area contributed by atoms with E-state index in [0.29, 0.717) is 31.5 Å². The second kappa shape index (κ2) is 8.29. The molecule has 1 aromatic heterocycles. The van der Waals surface area contributed by atoms with Crippen LogP contribution < -0.4 is 10.2 Å². The maximum Gasteiger partial charge on any atom is 0.224 e. The van der Waals surface area contributed by atoms with Gasteiger partial charge in [0.15, 0.2) is 0 Å². The maximum absolute atomic E-state index is 12.3. The molecule has 26 heavy (non-hydrogen) atoms. The number of para-hydroxylation sites is 2. The van der Waals surface area contributed by atoms with Crippen molar-refractivity contribution in [2.24, 2.45) is 0 Å². The van der Waals surface area contributed by atoms with E-state index in [2.05, 4.69) is 5.10 Å². The van der Waals surface area contributed by atoms with E-state index in [-0.39, 0.29) is 11.3 Å². The number of aryl methyl sites for hydroxylation is 1. The van der Waals surface area contributed by atoms with Gasteiger partial charge in [-0.25, -0.2) is 0 Å². The van der Waals surface area contributed by atoms with Gasteiger partial charge in [-0.05, 0) is 24.3 Å². The summed E-state index contributed by atoms with van der Waals surface area (Å²) in [5.74, 6) is 0.795. The van der Waals surface area contributed by atoms with Crippen LogP contribution in [0.3, 0.4) is 0 Å². The summed E-state index contributed by atoms with van der Waals surface area (Å²) >= 11 is 0. The summed E-state index contributed by atoms with van der Waals surface area (Å²) < 4.78 is 7.31. The summed E-state index contributed by atoms with van der Waals surface area (Å²) in [5, 5.41) is 4.76.